The van der Waals surface area contributed by atoms with Crippen molar-refractivity contribution in [3.05, 3.63) is 72.8 Å². The zero-order valence-electron chi connectivity index (χ0n) is 22.1. The van der Waals surface area contributed by atoms with Gasteiger partial charge >= 0.3 is 0 Å². The van der Waals surface area contributed by atoms with Crippen LogP contribution in [0, 0.1) is 0 Å². The first-order valence-electron chi connectivity index (χ1n) is 13.1. The fraction of sp³-hybridized carbons (Fsp3) is 0.267. The lowest BCUT2D eigenvalue weighted by molar-refractivity contribution is 0.0205. The normalized spacial score (nSPS) is 11.7. The van der Waals surface area contributed by atoms with Crippen LogP contribution in [0.1, 0.15) is 0 Å². The number of hydrogen-bond donors (Lipinski definition) is 0. The first kappa shape index (κ1) is 30.1. The molecule has 41 heavy (non-hydrogen) atoms. The third-order valence-corrected chi connectivity index (χ3v) is 16.0. The lowest BCUT2D eigenvalue weighted by atomic mass is 10.4. The van der Waals surface area contributed by atoms with Gasteiger partial charge in [-0.15, -0.1) is 46.2 Å². The molecule has 6 aromatic rings. The average molecular weight is 693 g/mol. The Balaban J connectivity index is 0.773. The molecule has 11 heteroatoms. The molecule has 6 rings (SSSR count). The van der Waals surface area contributed by atoms with Crippen molar-refractivity contribution in [2.24, 2.45) is 0 Å². The van der Waals surface area contributed by atoms with Gasteiger partial charge in [-0.25, -0.2) is 0 Å². The minimum absolute atomic E-state index is 0.607. The minimum Gasteiger partial charge on any atom is -0.378 e. The van der Waals surface area contributed by atoms with Gasteiger partial charge in [0, 0.05) is 11.5 Å². The molecule has 0 N–H and O–H groups in total. The number of thioether (sulfide) groups is 2. The maximum atomic E-state index is 5.75. The van der Waals surface area contributed by atoms with Crippen LogP contribution < -0.4 is 0 Å². The van der Waals surface area contributed by atoms with E-state index >= 15 is 0 Å². The minimum atomic E-state index is 0.607. The monoisotopic (exact) mass is 692 g/mol. The number of thiophene rings is 2. The van der Waals surface area contributed by atoms with Crippen LogP contribution >= 0.6 is 91.5 Å². The molecule has 0 unspecified atom stereocenters. The van der Waals surface area contributed by atoms with Crippen LogP contribution in [0.15, 0.2) is 81.2 Å². The number of fused-ring (bicyclic) bond motifs is 2. The molecular formula is C30H28O3S8+2. The summed E-state index contributed by atoms with van der Waals surface area (Å²) in [6.45, 7) is 3.92. The molecule has 0 spiro atoms. The number of rotatable bonds is 16. The molecule has 0 radical (unpaired) electrons. The van der Waals surface area contributed by atoms with E-state index in [0.29, 0.717) is 26.4 Å². The van der Waals surface area contributed by atoms with Gasteiger partial charge in [0.05, 0.1) is 93.4 Å². The van der Waals surface area contributed by atoms with Gasteiger partial charge in [0.1, 0.15) is 9.75 Å². The lowest BCUT2D eigenvalue weighted by Gasteiger charge is -2.06. The summed E-state index contributed by atoms with van der Waals surface area (Å²) in [6.07, 6.45) is 0. The zero-order chi connectivity index (χ0) is 27.7. The van der Waals surface area contributed by atoms with E-state index in [4.69, 9.17) is 14.2 Å². The molecule has 2 aromatic carbocycles. The summed E-state index contributed by atoms with van der Waals surface area (Å²) in [5.74, 6) is 1.90. The molecule has 0 aliphatic rings. The lowest BCUT2D eigenvalue weighted by Crippen LogP contribution is -2.11. The maximum absolute atomic E-state index is 5.75. The second kappa shape index (κ2) is 15.7. The summed E-state index contributed by atoms with van der Waals surface area (Å²) in [6, 6.07) is 26.2. The van der Waals surface area contributed by atoms with Crippen molar-refractivity contribution in [3.63, 3.8) is 0 Å². The topological polar surface area (TPSA) is 27.7 Å². The van der Waals surface area contributed by atoms with Crippen LogP contribution in [0.25, 0.3) is 36.9 Å². The predicted molar refractivity (Wildman–Crippen MR) is 189 cm³/mol. The first-order chi connectivity index (χ1) is 20.3. The number of hydrogen-bond acceptors (Lipinski definition) is 9. The van der Waals surface area contributed by atoms with Crippen LogP contribution in [0.5, 0.6) is 0 Å². The Kier molecular flexibility index (Phi) is 11.5. The summed E-state index contributed by atoms with van der Waals surface area (Å²) in [7, 11) is 0. The molecule has 0 saturated carbocycles. The third kappa shape index (κ3) is 8.57. The summed E-state index contributed by atoms with van der Waals surface area (Å²) in [5, 5.41) is 0. The van der Waals surface area contributed by atoms with Gasteiger partial charge < -0.3 is 14.2 Å². The Morgan fingerprint density at radius 3 is 1.39 bits per heavy atom. The molecule has 0 saturated heterocycles. The Labute approximate surface area is 272 Å². The van der Waals surface area contributed by atoms with Crippen molar-refractivity contribution in [1.82, 2.24) is 0 Å². The molecule has 4 aromatic heterocycles. The SMILES string of the molecule is c1ccc2[s+]c(-c3ccc(SCCOCCOCCOCCSc4ccc(-c5sc6ccccc6[s+]5)s4)s3)sc2c1. The molecular weight excluding hydrogens is 665 g/mol. The summed E-state index contributed by atoms with van der Waals surface area (Å²) < 4.78 is 28.1. The molecule has 0 bridgehead atoms. The molecule has 0 atom stereocenters. The Hall–Kier alpha value is -0.960. The molecule has 0 aliphatic carbocycles. The van der Waals surface area contributed by atoms with Crippen LogP contribution in [0.2, 0.25) is 0 Å². The largest absolute Gasteiger partial charge is 0.378 e. The van der Waals surface area contributed by atoms with Crippen LogP contribution in [0.4, 0.5) is 0 Å². The molecule has 0 amide bonds. The van der Waals surface area contributed by atoms with E-state index in [9.17, 15) is 0 Å². The van der Waals surface area contributed by atoms with Crippen molar-refractivity contribution >= 4 is 110 Å². The van der Waals surface area contributed by atoms with Crippen LogP contribution in [-0.4, -0.2) is 51.1 Å². The van der Waals surface area contributed by atoms with Crippen LogP contribution in [-0.2, 0) is 14.2 Å². The third-order valence-electron chi connectivity index (χ3n) is 5.76. The van der Waals surface area contributed by atoms with Crippen LogP contribution in [0.3, 0.4) is 0 Å². The van der Waals surface area contributed by atoms with E-state index in [0.717, 1.165) is 24.7 Å². The van der Waals surface area contributed by atoms with Gasteiger partial charge in [-0.2, -0.15) is 0 Å². The number of ether oxygens (including phenoxy) is 3. The van der Waals surface area contributed by atoms with Crippen molar-refractivity contribution in [2.45, 2.75) is 8.42 Å². The standard InChI is InChI=1S/C30H28O3S8/c1-2-6-22-21(5-1)38-29(39-22)25-9-11-27(36-25)34-19-17-32-15-13-31-14-16-33-18-20-35-28-12-10-26(37-28)30-40-23-7-3-4-8-24(23)41-30/h1-12H,13-20H2/q+2. The fourth-order valence-electron chi connectivity index (χ4n) is 3.84. The first-order valence-corrected chi connectivity index (χ1v) is 20.0. The van der Waals surface area contributed by atoms with Gasteiger partial charge in [-0.3, -0.25) is 0 Å². The van der Waals surface area contributed by atoms with Gasteiger partial charge in [0.2, 0.25) is 0 Å². The molecule has 212 valence electrons. The van der Waals surface area contributed by atoms with Gasteiger partial charge in [-0.1, -0.05) is 24.3 Å². The van der Waals surface area contributed by atoms with E-state index in [1.54, 1.807) is 0 Å². The fourth-order valence-corrected chi connectivity index (χ4v) is 13.3. The summed E-state index contributed by atoms with van der Waals surface area (Å²) in [5.41, 5.74) is 0. The summed E-state index contributed by atoms with van der Waals surface area (Å²) in [4.78, 5) is 2.72. The molecule has 3 nitrogen and oxygen atoms in total. The van der Waals surface area contributed by atoms with Crippen molar-refractivity contribution in [2.75, 3.05) is 51.1 Å². The quantitative estimate of drug-likeness (QED) is 0.0572. The van der Waals surface area contributed by atoms with E-state index in [2.05, 4.69) is 72.8 Å². The van der Waals surface area contributed by atoms with Crippen molar-refractivity contribution < 1.29 is 14.2 Å². The highest BCUT2D eigenvalue weighted by Gasteiger charge is 2.20. The molecule has 4 heterocycles. The Bertz CT molecular complexity index is 1480. The van der Waals surface area contributed by atoms with E-state index in [1.165, 1.54) is 45.4 Å². The smallest absolute Gasteiger partial charge is 0.296 e. The maximum Gasteiger partial charge on any atom is 0.296 e. The van der Waals surface area contributed by atoms with Crippen molar-refractivity contribution in [3.8, 4) is 18.1 Å². The van der Waals surface area contributed by atoms with Crippen molar-refractivity contribution in [1.29, 1.82) is 0 Å². The highest BCUT2D eigenvalue weighted by Crippen LogP contribution is 2.44. The zero-order valence-corrected chi connectivity index (χ0v) is 28.6. The second-order valence-corrected chi connectivity index (χ2v) is 18.3. The number of benzene rings is 2. The predicted octanol–water partition coefficient (Wildman–Crippen LogP) is 11.2. The van der Waals surface area contributed by atoms with E-state index < -0.39 is 0 Å². The Morgan fingerprint density at radius 1 is 0.488 bits per heavy atom. The molecule has 0 fully saturated rings. The summed E-state index contributed by atoms with van der Waals surface area (Å²) >= 11 is 15.0. The second-order valence-electron chi connectivity index (χ2n) is 8.65. The van der Waals surface area contributed by atoms with Gasteiger partial charge in [0.25, 0.3) is 8.38 Å². The van der Waals surface area contributed by atoms with E-state index in [-0.39, 0.29) is 0 Å². The highest BCUT2D eigenvalue weighted by atomic mass is 32.2. The van der Waals surface area contributed by atoms with E-state index in [1.807, 2.05) is 91.5 Å². The van der Waals surface area contributed by atoms with Gasteiger partial charge in [0.15, 0.2) is 18.8 Å². The Morgan fingerprint density at radius 2 is 0.927 bits per heavy atom. The highest BCUT2D eigenvalue weighted by molar-refractivity contribution is 8.01. The van der Waals surface area contributed by atoms with Gasteiger partial charge in [-0.05, 0) is 48.5 Å². The molecule has 0 aliphatic heterocycles. The average Bonchev–Trinajstić information content (AvgIpc) is 3.80.